The van der Waals surface area contributed by atoms with Crippen molar-refractivity contribution >= 4 is 5.97 Å². The molecule has 1 unspecified atom stereocenters. The van der Waals surface area contributed by atoms with E-state index in [2.05, 4.69) is 9.57 Å². The van der Waals surface area contributed by atoms with Gasteiger partial charge in [-0.15, -0.1) is 0 Å². The van der Waals surface area contributed by atoms with E-state index in [-0.39, 0.29) is 12.0 Å². The highest BCUT2D eigenvalue weighted by Crippen LogP contribution is 2.22. The van der Waals surface area contributed by atoms with Crippen molar-refractivity contribution < 1.29 is 18.8 Å². The lowest BCUT2D eigenvalue weighted by Crippen LogP contribution is -2.16. The zero-order valence-electron chi connectivity index (χ0n) is 8.27. The molecule has 0 aromatic heterocycles. The molecular weight excluding hydrogens is 201 g/mol. The maximum Gasteiger partial charge on any atom is 0.308 e. The lowest BCUT2D eigenvalue weighted by atomic mass is 10.1. The second-order valence-corrected chi connectivity index (χ2v) is 2.93. The van der Waals surface area contributed by atoms with Gasteiger partial charge in [0.1, 0.15) is 11.9 Å². The third-order valence-electron chi connectivity index (χ3n) is 2.00. The maximum absolute atomic E-state index is 13.3. The minimum Gasteiger partial charge on any atom is -0.469 e. The Morgan fingerprint density at radius 2 is 2.20 bits per heavy atom. The first-order valence-electron chi connectivity index (χ1n) is 4.35. The first-order valence-corrected chi connectivity index (χ1v) is 4.35. The Balaban J connectivity index is 2.83. The van der Waals surface area contributed by atoms with Gasteiger partial charge in [-0.05, 0) is 6.07 Å². The lowest BCUT2D eigenvalue weighted by Gasteiger charge is -2.13. The number of carbonyl (C=O) groups excluding carboxylic acids is 1. The number of hydrogen-bond acceptors (Lipinski definition) is 4. The summed E-state index contributed by atoms with van der Waals surface area (Å²) >= 11 is 0. The van der Waals surface area contributed by atoms with Crippen LogP contribution in [-0.2, 0) is 14.4 Å². The predicted octanol–water partition coefficient (Wildman–Crippen LogP) is 1.32. The van der Waals surface area contributed by atoms with E-state index < -0.39 is 17.9 Å². The van der Waals surface area contributed by atoms with Gasteiger partial charge in [-0.25, -0.2) is 10.3 Å². The van der Waals surface area contributed by atoms with Crippen LogP contribution in [0.5, 0.6) is 0 Å². The molecule has 15 heavy (non-hydrogen) atoms. The number of carbonyl (C=O) groups is 1. The van der Waals surface area contributed by atoms with Crippen LogP contribution in [0.1, 0.15) is 18.1 Å². The first kappa shape index (κ1) is 11.6. The van der Waals surface area contributed by atoms with Gasteiger partial charge in [0.05, 0.1) is 13.5 Å². The number of benzene rings is 1. The van der Waals surface area contributed by atoms with Gasteiger partial charge in [0, 0.05) is 5.56 Å². The van der Waals surface area contributed by atoms with E-state index in [1.807, 2.05) is 0 Å². The molecule has 4 nitrogen and oxygen atoms in total. The third-order valence-corrected chi connectivity index (χ3v) is 2.00. The second kappa shape index (κ2) is 5.43. The molecule has 0 fully saturated rings. The molecule has 1 aromatic carbocycles. The zero-order chi connectivity index (χ0) is 11.3. The minimum atomic E-state index is -0.821. The number of hydrogen-bond donors (Lipinski definition) is 1. The number of nitrogens with two attached hydrogens (primary N) is 1. The molecular formula is C10H12FNO3. The molecule has 5 heteroatoms. The van der Waals surface area contributed by atoms with Crippen molar-refractivity contribution in [3.8, 4) is 0 Å². The molecule has 0 heterocycles. The molecule has 0 amide bonds. The van der Waals surface area contributed by atoms with E-state index >= 15 is 0 Å². The van der Waals surface area contributed by atoms with Crippen LogP contribution in [0.4, 0.5) is 4.39 Å². The summed E-state index contributed by atoms with van der Waals surface area (Å²) in [5.41, 5.74) is 0.241. The van der Waals surface area contributed by atoms with Crippen molar-refractivity contribution in [2.45, 2.75) is 12.5 Å². The summed E-state index contributed by atoms with van der Waals surface area (Å²) in [6, 6.07) is 5.97. The first-order chi connectivity index (χ1) is 7.19. The summed E-state index contributed by atoms with van der Waals surface area (Å²) in [4.78, 5) is 15.5. The highest BCUT2D eigenvalue weighted by molar-refractivity contribution is 5.70. The van der Waals surface area contributed by atoms with Gasteiger partial charge in [-0.2, -0.15) is 0 Å². The Morgan fingerprint density at radius 1 is 1.53 bits per heavy atom. The van der Waals surface area contributed by atoms with Crippen molar-refractivity contribution in [3.05, 3.63) is 35.6 Å². The van der Waals surface area contributed by atoms with Crippen LogP contribution in [0.25, 0.3) is 0 Å². The monoisotopic (exact) mass is 213 g/mol. The zero-order valence-corrected chi connectivity index (χ0v) is 8.27. The van der Waals surface area contributed by atoms with Crippen LogP contribution < -0.4 is 5.90 Å². The van der Waals surface area contributed by atoms with Crippen molar-refractivity contribution in [1.82, 2.24) is 0 Å². The molecule has 1 atom stereocenters. The van der Waals surface area contributed by atoms with Gasteiger partial charge in [0.25, 0.3) is 0 Å². The summed E-state index contributed by atoms with van der Waals surface area (Å²) < 4.78 is 17.7. The fourth-order valence-corrected chi connectivity index (χ4v) is 1.20. The molecule has 0 bridgehead atoms. The topological polar surface area (TPSA) is 61.5 Å². The van der Waals surface area contributed by atoms with Crippen molar-refractivity contribution in [2.24, 2.45) is 5.90 Å². The van der Waals surface area contributed by atoms with E-state index in [9.17, 15) is 9.18 Å². The van der Waals surface area contributed by atoms with Gasteiger partial charge in [-0.1, -0.05) is 18.2 Å². The quantitative estimate of drug-likeness (QED) is 0.605. The van der Waals surface area contributed by atoms with Crippen molar-refractivity contribution in [3.63, 3.8) is 0 Å². The molecule has 0 radical (unpaired) electrons. The van der Waals surface area contributed by atoms with E-state index in [4.69, 9.17) is 5.90 Å². The van der Waals surface area contributed by atoms with Crippen LogP contribution in [0, 0.1) is 5.82 Å². The van der Waals surface area contributed by atoms with Crippen molar-refractivity contribution in [1.29, 1.82) is 0 Å². The number of halogens is 1. The number of methoxy groups -OCH3 is 1. The summed E-state index contributed by atoms with van der Waals surface area (Å²) in [7, 11) is 1.25. The lowest BCUT2D eigenvalue weighted by molar-refractivity contribution is -0.144. The Labute approximate surface area is 86.7 Å². The van der Waals surface area contributed by atoms with Crippen LogP contribution in [0.2, 0.25) is 0 Å². The third kappa shape index (κ3) is 3.00. The predicted molar refractivity (Wildman–Crippen MR) is 51.0 cm³/mol. The standard InChI is InChI=1S/C10H12FNO3/c1-14-10(13)6-9(15-12)7-4-2-3-5-8(7)11/h2-5,9H,6,12H2,1H3. The number of rotatable bonds is 4. The Bertz CT molecular complexity index is 343. The molecule has 0 aliphatic carbocycles. The van der Waals surface area contributed by atoms with Gasteiger partial charge in [-0.3, -0.25) is 9.63 Å². The van der Waals surface area contributed by atoms with Gasteiger partial charge < -0.3 is 4.74 Å². The van der Waals surface area contributed by atoms with Crippen LogP contribution in [0.15, 0.2) is 24.3 Å². The number of ether oxygens (including phenoxy) is 1. The second-order valence-electron chi connectivity index (χ2n) is 2.93. The van der Waals surface area contributed by atoms with E-state index in [0.29, 0.717) is 0 Å². The maximum atomic E-state index is 13.3. The van der Waals surface area contributed by atoms with Gasteiger partial charge in [0.2, 0.25) is 0 Å². The van der Waals surface area contributed by atoms with E-state index in [1.54, 1.807) is 12.1 Å². The molecule has 0 spiro atoms. The largest absolute Gasteiger partial charge is 0.469 e. The summed E-state index contributed by atoms with van der Waals surface area (Å²) in [5.74, 6) is 4.04. The van der Waals surface area contributed by atoms with Gasteiger partial charge in [0.15, 0.2) is 0 Å². The minimum absolute atomic E-state index is 0.117. The average Bonchev–Trinajstić information content (AvgIpc) is 2.26. The van der Waals surface area contributed by atoms with Crippen LogP contribution >= 0.6 is 0 Å². The Hall–Kier alpha value is -1.46. The molecule has 0 aliphatic heterocycles. The highest BCUT2D eigenvalue weighted by Gasteiger charge is 2.19. The number of esters is 1. The molecule has 0 saturated heterocycles. The SMILES string of the molecule is COC(=O)CC(ON)c1ccccc1F. The smallest absolute Gasteiger partial charge is 0.308 e. The van der Waals surface area contributed by atoms with E-state index in [0.717, 1.165) is 0 Å². The van der Waals surface area contributed by atoms with Gasteiger partial charge >= 0.3 is 5.97 Å². The summed E-state index contributed by atoms with van der Waals surface area (Å²) in [6.07, 6.45) is -0.938. The Kier molecular flexibility index (Phi) is 4.20. The summed E-state index contributed by atoms with van der Waals surface area (Å²) in [6.45, 7) is 0. The summed E-state index contributed by atoms with van der Waals surface area (Å²) in [5, 5.41) is 0. The van der Waals surface area contributed by atoms with Crippen molar-refractivity contribution in [2.75, 3.05) is 7.11 Å². The Morgan fingerprint density at radius 3 is 2.73 bits per heavy atom. The fraction of sp³-hybridized carbons (Fsp3) is 0.300. The molecule has 1 aromatic rings. The molecule has 1 rings (SSSR count). The average molecular weight is 213 g/mol. The molecule has 2 N–H and O–H groups in total. The van der Waals surface area contributed by atoms with E-state index in [1.165, 1.54) is 19.2 Å². The van der Waals surface area contributed by atoms with Crippen LogP contribution in [0.3, 0.4) is 0 Å². The highest BCUT2D eigenvalue weighted by atomic mass is 19.1. The normalized spacial score (nSPS) is 12.2. The fourth-order valence-electron chi connectivity index (χ4n) is 1.20. The molecule has 82 valence electrons. The molecule has 0 aliphatic rings. The van der Waals surface area contributed by atoms with Crippen LogP contribution in [-0.4, -0.2) is 13.1 Å². The molecule has 0 saturated carbocycles.